The molecule has 1 aromatic carbocycles. The minimum Gasteiger partial charge on any atom is -0.366 e. The molecule has 1 fully saturated rings. The van der Waals surface area contributed by atoms with Gasteiger partial charge in [-0.25, -0.2) is 9.37 Å². The Kier molecular flexibility index (Phi) is 4.09. The van der Waals surface area contributed by atoms with Crippen LogP contribution in [0.3, 0.4) is 0 Å². The number of fused-ring (bicyclic) bond motifs is 1. The summed E-state index contributed by atoms with van der Waals surface area (Å²) in [5.41, 5.74) is 0.198. The Bertz CT molecular complexity index is 757. The summed E-state index contributed by atoms with van der Waals surface area (Å²) in [5, 5.41) is 10.5. The summed E-state index contributed by atoms with van der Waals surface area (Å²) >= 11 is 9.00. The zero-order valence-electron chi connectivity index (χ0n) is 11.5. The molecular formula is C14H12BrClF2N2O2. The van der Waals surface area contributed by atoms with Gasteiger partial charge in [0.25, 0.3) is 0 Å². The van der Waals surface area contributed by atoms with Gasteiger partial charge in [-0.2, -0.15) is 9.37 Å². The van der Waals surface area contributed by atoms with Crippen molar-refractivity contribution in [2.45, 2.75) is 31.5 Å². The molecule has 0 unspecified atom stereocenters. The average molecular weight is 394 g/mol. The maximum atomic E-state index is 14.3. The van der Waals surface area contributed by atoms with E-state index < -0.39 is 17.7 Å². The molecule has 1 aliphatic rings. The van der Waals surface area contributed by atoms with Gasteiger partial charge in [0.15, 0.2) is 11.6 Å². The third-order valence-corrected chi connectivity index (χ3v) is 5.02. The fourth-order valence-electron chi connectivity index (χ4n) is 2.75. The molecule has 4 nitrogen and oxygen atoms in total. The first-order chi connectivity index (χ1) is 10.3. The van der Waals surface area contributed by atoms with Crippen molar-refractivity contribution in [3.63, 3.8) is 0 Å². The third kappa shape index (κ3) is 2.82. The van der Waals surface area contributed by atoms with E-state index in [2.05, 4.69) is 25.9 Å². The Morgan fingerprint density at radius 1 is 1.45 bits per heavy atom. The Hall–Kier alpha value is -0.890. The molecule has 2 heterocycles. The third-order valence-electron chi connectivity index (χ3n) is 3.72. The van der Waals surface area contributed by atoms with Gasteiger partial charge < -0.3 is 9.84 Å². The van der Waals surface area contributed by atoms with Crippen molar-refractivity contribution in [1.82, 2.24) is 9.97 Å². The molecule has 1 aromatic heterocycles. The predicted octanol–water partition coefficient (Wildman–Crippen LogP) is 3.93. The Morgan fingerprint density at radius 2 is 2.18 bits per heavy atom. The summed E-state index contributed by atoms with van der Waals surface area (Å²) in [6.07, 6.45) is -0.244. The number of hydrogen-bond acceptors (Lipinski definition) is 4. The first-order valence-electron chi connectivity index (χ1n) is 6.65. The highest BCUT2D eigenvalue weighted by molar-refractivity contribution is 9.10. The van der Waals surface area contributed by atoms with Gasteiger partial charge in [-0.3, -0.25) is 0 Å². The van der Waals surface area contributed by atoms with Crippen LogP contribution in [0, 0.1) is 11.9 Å². The zero-order valence-corrected chi connectivity index (χ0v) is 13.9. The second-order valence-corrected chi connectivity index (χ2v) is 6.67. The lowest BCUT2D eigenvalue weighted by Gasteiger charge is -2.34. The molecule has 0 aliphatic carbocycles. The largest absolute Gasteiger partial charge is 0.366 e. The van der Waals surface area contributed by atoms with Crippen molar-refractivity contribution in [2.75, 3.05) is 6.61 Å². The van der Waals surface area contributed by atoms with Crippen LogP contribution >= 0.6 is 27.5 Å². The molecule has 2 aromatic rings. The average Bonchev–Trinajstić information content (AvgIpc) is 2.44. The molecule has 0 bridgehead atoms. The first kappa shape index (κ1) is 16.0. The summed E-state index contributed by atoms with van der Waals surface area (Å²) in [4.78, 5) is 7.35. The van der Waals surface area contributed by atoms with E-state index >= 15 is 0 Å². The van der Waals surface area contributed by atoms with E-state index in [4.69, 9.17) is 16.3 Å². The highest BCUT2D eigenvalue weighted by Gasteiger charge is 2.34. The Labute approximate surface area is 138 Å². The normalized spacial score (nSPS) is 25.6. The van der Waals surface area contributed by atoms with E-state index in [0.29, 0.717) is 24.1 Å². The monoisotopic (exact) mass is 392 g/mol. The van der Waals surface area contributed by atoms with Gasteiger partial charge in [-0.05, 0) is 35.3 Å². The molecule has 1 saturated heterocycles. The number of nitrogens with zero attached hydrogens (tertiary/aromatic N) is 2. The topological polar surface area (TPSA) is 55.2 Å². The van der Waals surface area contributed by atoms with Crippen molar-refractivity contribution in [3.8, 4) is 0 Å². The van der Waals surface area contributed by atoms with Gasteiger partial charge in [-0.1, -0.05) is 11.6 Å². The van der Waals surface area contributed by atoms with E-state index in [-0.39, 0.29) is 27.4 Å². The van der Waals surface area contributed by atoms with E-state index in [9.17, 15) is 13.9 Å². The van der Waals surface area contributed by atoms with Crippen LogP contribution in [0.5, 0.6) is 0 Å². The molecule has 3 rings (SSSR count). The van der Waals surface area contributed by atoms with Crippen LogP contribution < -0.4 is 0 Å². The van der Waals surface area contributed by atoms with E-state index in [1.165, 1.54) is 13.0 Å². The molecule has 22 heavy (non-hydrogen) atoms. The minimum atomic E-state index is -1.33. The minimum absolute atomic E-state index is 0.0321. The Balaban J connectivity index is 2.21. The van der Waals surface area contributed by atoms with Crippen LogP contribution in [0.1, 0.15) is 31.4 Å². The first-order valence-corrected chi connectivity index (χ1v) is 7.82. The lowest BCUT2D eigenvalue weighted by atomic mass is 9.89. The number of halogens is 4. The fraction of sp³-hybridized carbons (Fsp3) is 0.429. The predicted molar refractivity (Wildman–Crippen MR) is 80.7 cm³/mol. The summed E-state index contributed by atoms with van der Waals surface area (Å²) in [6.45, 7) is 1.83. The van der Waals surface area contributed by atoms with Crippen LogP contribution in [0.2, 0.25) is 5.02 Å². The standard InChI is InChI=1S/C14H12BrClF2N2O2/c1-14(21)5-6(2-3-22-14)11-7-4-8(16)9(15)10(17)12(7)20-13(18)19-11/h4,6,21H,2-3,5H2,1H3/t6-,14-/m0/s1. The molecular weight excluding hydrogens is 382 g/mol. The summed E-state index contributed by atoms with van der Waals surface area (Å²) < 4.78 is 33.3. The quantitative estimate of drug-likeness (QED) is 0.589. The molecule has 1 aliphatic heterocycles. The number of aliphatic hydroxyl groups is 1. The van der Waals surface area contributed by atoms with Crippen molar-refractivity contribution >= 4 is 38.4 Å². The molecule has 1 N–H and O–H groups in total. The second kappa shape index (κ2) is 5.63. The molecule has 0 amide bonds. The van der Waals surface area contributed by atoms with Crippen LogP contribution in [0.4, 0.5) is 8.78 Å². The lowest BCUT2D eigenvalue weighted by molar-refractivity contribution is -0.215. The van der Waals surface area contributed by atoms with Gasteiger partial charge in [0.2, 0.25) is 0 Å². The van der Waals surface area contributed by atoms with Crippen molar-refractivity contribution in [1.29, 1.82) is 0 Å². The molecule has 0 saturated carbocycles. The van der Waals surface area contributed by atoms with Gasteiger partial charge in [0, 0.05) is 17.7 Å². The smallest absolute Gasteiger partial charge is 0.309 e. The highest BCUT2D eigenvalue weighted by atomic mass is 79.9. The number of ether oxygens (including phenoxy) is 1. The summed E-state index contributed by atoms with van der Waals surface area (Å²) in [7, 11) is 0. The van der Waals surface area contributed by atoms with Crippen LogP contribution in [-0.2, 0) is 4.74 Å². The maximum absolute atomic E-state index is 14.3. The van der Waals surface area contributed by atoms with Crippen molar-refractivity contribution < 1.29 is 18.6 Å². The SMILES string of the molecule is C[C@@]1(O)C[C@@H](c2nc(F)nc3c(F)c(Br)c(Cl)cc23)CCO1. The molecule has 2 atom stereocenters. The number of hydrogen-bond donors (Lipinski definition) is 1. The maximum Gasteiger partial charge on any atom is 0.309 e. The number of benzene rings is 1. The second-order valence-electron chi connectivity index (χ2n) is 5.47. The molecule has 0 spiro atoms. The number of aromatic nitrogens is 2. The molecule has 0 radical (unpaired) electrons. The van der Waals surface area contributed by atoms with Gasteiger partial charge in [0.05, 0.1) is 21.8 Å². The summed E-state index contributed by atoms with van der Waals surface area (Å²) in [5.74, 6) is -2.33. The molecule has 8 heteroatoms. The highest BCUT2D eigenvalue weighted by Crippen LogP contribution is 2.39. The van der Waals surface area contributed by atoms with Crippen LogP contribution in [0.25, 0.3) is 10.9 Å². The van der Waals surface area contributed by atoms with Crippen molar-refractivity contribution in [3.05, 3.63) is 33.2 Å². The lowest BCUT2D eigenvalue weighted by Crippen LogP contribution is -2.36. The van der Waals surface area contributed by atoms with E-state index in [0.717, 1.165) is 0 Å². The van der Waals surface area contributed by atoms with Crippen LogP contribution in [-0.4, -0.2) is 27.5 Å². The van der Waals surface area contributed by atoms with Gasteiger partial charge >= 0.3 is 6.08 Å². The number of rotatable bonds is 1. The van der Waals surface area contributed by atoms with E-state index in [1.54, 1.807) is 0 Å². The fourth-order valence-corrected chi connectivity index (χ4v) is 3.25. The van der Waals surface area contributed by atoms with Crippen molar-refractivity contribution in [2.24, 2.45) is 0 Å². The zero-order chi connectivity index (χ0) is 16.1. The summed E-state index contributed by atoms with van der Waals surface area (Å²) in [6, 6.07) is 1.50. The Morgan fingerprint density at radius 3 is 2.86 bits per heavy atom. The van der Waals surface area contributed by atoms with E-state index in [1.807, 2.05) is 0 Å². The van der Waals surface area contributed by atoms with Crippen LogP contribution in [0.15, 0.2) is 10.5 Å². The van der Waals surface area contributed by atoms with Gasteiger partial charge in [0.1, 0.15) is 5.52 Å². The van der Waals surface area contributed by atoms with Gasteiger partial charge in [-0.15, -0.1) is 0 Å². The molecule has 118 valence electrons.